The first-order chi connectivity index (χ1) is 6.93. The van der Waals surface area contributed by atoms with Crippen LogP contribution in [0.4, 0.5) is 8.78 Å². The summed E-state index contributed by atoms with van der Waals surface area (Å²) in [4.78, 5) is 11.6. The van der Waals surface area contributed by atoms with Gasteiger partial charge in [0, 0.05) is 11.8 Å². The summed E-state index contributed by atoms with van der Waals surface area (Å²) < 4.78 is 25.6. The topological polar surface area (TPSA) is 17.1 Å². The molecule has 0 N–H and O–H groups in total. The molecule has 15 heavy (non-hydrogen) atoms. The van der Waals surface area contributed by atoms with E-state index in [9.17, 15) is 13.6 Å². The molecule has 0 saturated carbocycles. The summed E-state index contributed by atoms with van der Waals surface area (Å²) in [5.41, 5.74) is 0.521. The molecule has 0 radical (unpaired) electrons. The van der Waals surface area contributed by atoms with Crippen LogP contribution in [-0.2, 0) is 4.79 Å². The lowest BCUT2D eigenvalue weighted by molar-refractivity contribution is -0.123. The van der Waals surface area contributed by atoms with Crippen molar-refractivity contribution in [3.63, 3.8) is 0 Å². The van der Waals surface area contributed by atoms with Gasteiger partial charge in [-0.15, -0.1) is 0 Å². The van der Waals surface area contributed by atoms with Crippen molar-refractivity contribution in [2.75, 3.05) is 0 Å². The molecule has 0 aliphatic rings. The van der Waals surface area contributed by atoms with Crippen molar-refractivity contribution in [1.29, 1.82) is 0 Å². The Labute approximate surface area is 88.1 Å². The summed E-state index contributed by atoms with van der Waals surface area (Å²) in [6.45, 7) is 5.28. The van der Waals surface area contributed by atoms with Crippen molar-refractivity contribution in [3.8, 4) is 0 Å². The van der Waals surface area contributed by atoms with Crippen LogP contribution >= 0.6 is 0 Å². The summed E-state index contributed by atoms with van der Waals surface area (Å²) in [6, 6.07) is 3.58. The minimum Gasteiger partial charge on any atom is -0.299 e. The summed E-state index contributed by atoms with van der Waals surface area (Å²) in [7, 11) is 0. The number of Topliss-reactive ketones (excluding diaryl/α,β-unsaturated/α-hetero) is 1. The van der Waals surface area contributed by atoms with Crippen LogP contribution in [0.3, 0.4) is 0 Å². The van der Waals surface area contributed by atoms with Gasteiger partial charge in [-0.2, -0.15) is 0 Å². The smallest absolute Gasteiger partial charge is 0.159 e. The molecule has 3 heteroatoms. The molecule has 1 rings (SSSR count). The molecule has 0 fully saturated rings. The molecular weight excluding hydrogens is 198 g/mol. The third-order valence-corrected chi connectivity index (χ3v) is 2.44. The summed E-state index contributed by atoms with van der Waals surface area (Å²) in [5, 5.41) is 0. The Morgan fingerprint density at radius 1 is 1.13 bits per heavy atom. The SMILES string of the molecule is CC(C)C(=O)C(C)c1ccc(F)c(F)c1. The number of carbonyl (C=O) groups excluding carboxylic acids is 1. The molecule has 0 aromatic heterocycles. The Hall–Kier alpha value is -1.25. The number of rotatable bonds is 3. The zero-order chi connectivity index (χ0) is 11.6. The highest BCUT2D eigenvalue weighted by Gasteiger charge is 2.19. The lowest BCUT2D eigenvalue weighted by Crippen LogP contribution is -2.15. The van der Waals surface area contributed by atoms with Gasteiger partial charge in [-0.05, 0) is 17.7 Å². The number of benzene rings is 1. The first kappa shape index (κ1) is 11.8. The lowest BCUT2D eigenvalue weighted by Gasteiger charge is -2.13. The Kier molecular flexibility index (Phi) is 3.56. The monoisotopic (exact) mass is 212 g/mol. The highest BCUT2D eigenvalue weighted by atomic mass is 19.2. The average molecular weight is 212 g/mol. The molecule has 0 bridgehead atoms. The van der Waals surface area contributed by atoms with Gasteiger partial charge in [-0.3, -0.25) is 4.79 Å². The molecule has 0 amide bonds. The Balaban J connectivity index is 2.97. The van der Waals surface area contributed by atoms with Crippen LogP contribution in [-0.4, -0.2) is 5.78 Å². The highest BCUT2D eigenvalue weighted by Crippen LogP contribution is 2.21. The van der Waals surface area contributed by atoms with Crippen LogP contribution in [0, 0.1) is 17.6 Å². The molecule has 82 valence electrons. The van der Waals surface area contributed by atoms with Gasteiger partial charge < -0.3 is 0 Å². The predicted molar refractivity (Wildman–Crippen MR) is 54.6 cm³/mol. The van der Waals surface area contributed by atoms with E-state index >= 15 is 0 Å². The first-order valence-corrected chi connectivity index (χ1v) is 4.92. The molecule has 1 unspecified atom stereocenters. The number of ketones is 1. The van der Waals surface area contributed by atoms with Gasteiger partial charge >= 0.3 is 0 Å². The van der Waals surface area contributed by atoms with Crippen LogP contribution in [0.5, 0.6) is 0 Å². The van der Waals surface area contributed by atoms with E-state index in [-0.39, 0.29) is 17.6 Å². The standard InChI is InChI=1S/C12H14F2O/c1-7(2)12(15)8(3)9-4-5-10(13)11(14)6-9/h4-8H,1-3H3. The molecule has 1 aromatic carbocycles. The summed E-state index contributed by atoms with van der Waals surface area (Å²) in [5.74, 6) is -2.26. The fourth-order valence-electron chi connectivity index (χ4n) is 1.45. The second kappa shape index (κ2) is 4.51. The zero-order valence-corrected chi connectivity index (χ0v) is 9.05. The molecule has 0 aliphatic heterocycles. The zero-order valence-electron chi connectivity index (χ0n) is 9.05. The normalized spacial score (nSPS) is 12.9. The van der Waals surface area contributed by atoms with Crippen molar-refractivity contribution < 1.29 is 13.6 Å². The van der Waals surface area contributed by atoms with E-state index in [1.54, 1.807) is 20.8 Å². The van der Waals surface area contributed by atoms with E-state index in [4.69, 9.17) is 0 Å². The maximum Gasteiger partial charge on any atom is 0.159 e. The molecule has 0 saturated heterocycles. The minimum atomic E-state index is -0.907. The maximum absolute atomic E-state index is 12.9. The maximum atomic E-state index is 12.9. The second-order valence-corrected chi connectivity index (χ2v) is 3.95. The van der Waals surface area contributed by atoms with E-state index in [1.807, 2.05) is 0 Å². The van der Waals surface area contributed by atoms with E-state index in [1.165, 1.54) is 6.07 Å². The van der Waals surface area contributed by atoms with Gasteiger partial charge in [0.25, 0.3) is 0 Å². The van der Waals surface area contributed by atoms with Gasteiger partial charge in [-0.1, -0.05) is 26.8 Å². The fraction of sp³-hybridized carbons (Fsp3) is 0.417. The van der Waals surface area contributed by atoms with Crippen LogP contribution in [0.25, 0.3) is 0 Å². The average Bonchev–Trinajstić information content (AvgIpc) is 2.19. The lowest BCUT2D eigenvalue weighted by atomic mass is 9.90. The molecule has 0 spiro atoms. The Morgan fingerprint density at radius 2 is 1.73 bits per heavy atom. The molecule has 1 atom stereocenters. The van der Waals surface area contributed by atoms with Crippen molar-refractivity contribution in [2.45, 2.75) is 26.7 Å². The molecule has 1 nitrogen and oxygen atoms in total. The molecule has 0 aliphatic carbocycles. The van der Waals surface area contributed by atoms with Crippen LogP contribution in [0.15, 0.2) is 18.2 Å². The second-order valence-electron chi connectivity index (χ2n) is 3.95. The van der Waals surface area contributed by atoms with Crippen LogP contribution < -0.4 is 0 Å². The van der Waals surface area contributed by atoms with Crippen molar-refractivity contribution in [2.24, 2.45) is 5.92 Å². The molecule has 1 aromatic rings. The van der Waals surface area contributed by atoms with Gasteiger partial charge in [0.2, 0.25) is 0 Å². The summed E-state index contributed by atoms with van der Waals surface area (Å²) >= 11 is 0. The third-order valence-electron chi connectivity index (χ3n) is 2.44. The minimum absolute atomic E-state index is 0.0287. The van der Waals surface area contributed by atoms with Crippen LogP contribution in [0.2, 0.25) is 0 Å². The van der Waals surface area contributed by atoms with Gasteiger partial charge in [-0.25, -0.2) is 8.78 Å². The molecular formula is C12H14F2O. The summed E-state index contributed by atoms with van der Waals surface area (Å²) in [6.07, 6.45) is 0. The quantitative estimate of drug-likeness (QED) is 0.751. The van der Waals surface area contributed by atoms with E-state index < -0.39 is 11.6 Å². The van der Waals surface area contributed by atoms with Crippen LogP contribution in [0.1, 0.15) is 32.3 Å². The predicted octanol–water partition coefficient (Wildman–Crippen LogP) is 3.29. The van der Waals surface area contributed by atoms with Crippen molar-refractivity contribution in [1.82, 2.24) is 0 Å². The largest absolute Gasteiger partial charge is 0.299 e. The number of halogens is 2. The van der Waals surface area contributed by atoms with E-state index in [0.29, 0.717) is 5.56 Å². The Morgan fingerprint density at radius 3 is 2.20 bits per heavy atom. The highest BCUT2D eigenvalue weighted by molar-refractivity contribution is 5.86. The van der Waals surface area contributed by atoms with Gasteiger partial charge in [0.05, 0.1) is 0 Å². The molecule has 0 heterocycles. The number of hydrogen-bond acceptors (Lipinski definition) is 1. The number of hydrogen-bond donors (Lipinski definition) is 0. The van der Waals surface area contributed by atoms with E-state index in [2.05, 4.69) is 0 Å². The van der Waals surface area contributed by atoms with Crippen molar-refractivity contribution in [3.05, 3.63) is 35.4 Å². The third kappa shape index (κ3) is 2.61. The van der Waals surface area contributed by atoms with E-state index in [0.717, 1.165) is 12.1 Å². The fourth-order valence-corrected chi connectivity index (χ4v) is 1.45. The number of carbonyl (C=O) groups is 1. The van der Waals surface area contributed by atoms with Gasteiger partial charge in [0.15, 0.2) is 11.6 Å². The first-order valence-electron chi connectivity index (χ1n) is 4.92. The van der Waals surface area contributed by atoms with Crippen molar-refractivity contribution >= 4 is 5.78 Å². The Bertz CT molecular complexity index is 372. The van der Waals surface area contributed by atoms with Gasteiger partial charge in [0.1, 0.15) is 5.78 Å².